The molecular weight excluding hydrogens is 276 g/mol. The molecule has 2 rings (SSSR count). The fourth-order valence-corrected chi connectivity index (χ4v) is 2.53. The van der Waals surface area contributed by atoms with E-state index in [1.165, 1.54) is 0 Å². The van der Waals surface area contributed by atoms with Gasteiger partial charge in [-0.05, 0) is 24.6 Å². The first-order chi connectivity index (χ1) is 9.61. The van der Waals surface area contributed by atoms with E-state index in [-0.39, 0.29) is 5.78 Å². The van der Waals surface area contributed by atoms with Crippen molar-refractivity contribution >= 4 is 17.4 Å². The number of piperazine rings is 1. The van der Waals surface area contributed by atoms with Crippen LogP contribution in [0.15, 0.2) is 12.1 Å². The molecule has 0 amide bonds. The number of halogens is 1. The van der Waals surface area contributed by atoms with Crippen LogP contribution in [0.4, 0.5) is 0 Å². The van der Waals surface area contributed by atoms with E-state index in [4.69, 9.17) is 16.3 Å². The van der Waals surface area contributed by atoms with Crippen molar-refractivity contribution < 1.29 is 9.53 Å². The largest absolute Gasteiger partial charge is 0.496 e. The number of benzene rings is 1. The van der Waals surface area contributed by atoms with E-state index < -0.39 is 0 Å². The molecule has 0 spiro atoms. The number of ether oxygens (including phenoxy) is 1. The molecule has 0 saturated carbocycles. The highest BCUT2D eigenvalue weighted by molar-refractivity contribution is 6.31. The summed E-state index contributed by atoms with van der Waals surface area (Å²) in [7, 11) is 1.58. The molecule has 0 atom stereocenters. The molecule has 1 aromatic rings. The summed E-state index contributed by atoms with van der Waals surface area (Å²) in [5, 5.41) is 3.91. The lowest BCUT2D eigenvalue weighted by molar-refractivity contribution is 0.0957. The Bertz CT molecular complexity index is 485. The van der Waals surface area contributed by atoms with Crippen LogP contribution in [0, 0.1) is 6.92 Å². The Hall–Kier alpha value is -1.10. The van der Waals surface area contributed by atoms with Gasteiger partial charge in [-0.3, -0.25) is 4.79 Å². The number of methoxy groups -OCH3 is 1. The first-order valence-corrected chi connectivity index (χ1v) is 7.30. The zero-order valence-electron chi connectivity index (χ0n) is 12.0. The third-order valence-electron chi connectivity index (χ3n) is 3.65. The van der Waals surface area contributed by atoms with Crippen molar-refractivity contribution in [3.05, 3.63) is 28.3 Å². The van der Waals surface area contributed by atoms with Crippen LogP contribution >= 0.6 is 11.6 Å². The quantitative estimate of drug-likeness (QED) is 0.845. The molecule has 1 aromatic carbocycles. The van der Waals surface area contributed by atoms with Crippen molar-refractivity contribution in [1.82, 2.24) is 10.2 Å². The normalized spacial score (nSPS) is 16.1. The van der Waals surface area contributed by atoms with Gasteiger partial charge in [-0.25, -0.2) is 0 Å². The van der Waals surface area contributed by atoms with E-state index in [0.29, 0.717) is 22.8 Å². The van der Waals surface area contributed by atoms with Gasteiger partial charge >= 0.3 is 0 Å². The summed E-state index contributed by atoms with van der Waals surface area (Å²) in [5.74, 6) is 0.694. The van der Waals surface area contributed by atoms with Gasteiger partial charge in [-0.1, -0.05) is 11.6 Å². The summed E-state index contributed by atoms with van der Waals surface area (Å²) in [6, 6.07) is 3.54. The highest BCUT2D eigenvalue weighted by Crippen LogP contribution is 2.27. The summed E-state index contributed by atoms with van der Waals surface area (Å²) < 4.78 is 5.29. The van der Waals surface area contributed by atoms with E-state index in [2.05, 4.69) is 10.2 Å². The van der Waals surface area contributed by atoms with Crippen molar-refractivity contribution in [2.75, 3.05) is 39.8 Å². The Kier molecular flexibility index (Phi) is 5.40. The van der Waals surface area contributed by atoms with E-state index >= 15 is 0 Å². The van der Waals surface area contributed by atoms with Crippen LogP contribution < -0.4 is 10.1 Å². The number of carbonyl (C=O) groups excluding carboxylic acids is 1. The number of ketones is 1. The molecule has 4 nitrogen and oxygen atoms in total. The Labute approximate surface area is 125 Å². The highest BCUT2D eigenvalue weighted by Gasteiger charge is 2.17. The minimum Gasteiger partial charge on any atom is -0.496 e. The van der Waals surface area contributed by atoms with Crippen LogP contribution in [0.5, 0.6) is 5.75 Å². The number of rotatable bonds is 5. The molecule has 5 heteroatoms. The van der Waals surface area contributed by atoms with Gasteiger partial charge < -0.3 is 15.0 Å². The molecule has 0 unspecified atom stereocenters. The molecule has 1 N–H and O–H groups in total. The maximum Gasteiger partial charge on any atom is 0.167 e. The number of nitrogens with one attached hydrogen (secondary N) is 1. The van der Waals surface area contributed by atoms with Crippen LogP contribution in [0.25, 0.3) is 0 Å². The molecule has 1 fully saturated rings. The molecule has 1 saturated heterocycles. The van der Waals surface area contributed by atoms with Gasteiger partial charge in [0.25, 0.3) is 0 Å². The molecule has 1 aliphatic heterocycles. The number of aryl methyl sites for hydroxylation is 1. The standard InChI is InChI=1S/C15H21ClN2O2/c1-11-9-15(20-2)12(10-13(11)16)14(19)3-6-18-7-4-17-5-8-18/h9-10,17H,3-8H2,1-2H3. The molecule has 1 heterocycles. The molecule has 0 aromatic heterocycles. The molecule has 20 heavy (non-hydrogen) atoms. The second kappa shape index (κ2) is 7.07. The molecule has 0 bridgehead atoms. The Morgan fingerprint density at radius 2 is 2.10 bits per heavy atom. The first-order valence-electron chi connectivity index (χ1n) is 6.92. The van der Waals surface area contributed by atoms with Gasteiger partial charge in [0.2, 0.25) is 0 Å². The molecule has 0 aliphatic carbocycles. The molecule has 1 aliphatic rings. The van der Waals surface area contributed by atoms with Crippen LogP contribution in [-0.4, -0.2) is 50.5 Å². The molecular formula is C15H21ClN2O2. The second-order valence-electron chi connectivity index (χ2n) is 5.07. The smallest absolute Gasteiger partial charge is 0.167 e. The summed E-state index contributed by atoms with van der Waals surface area (Å²) in [4.78, 5) is 14.7. The van der Waals surface area contributed by atoms with Crippen LogP contribution in [-0.2, 0) is 0 Å². The van der Waals surface area contributed by atoms with Gasteiger partial charge in [0.1, 0.15) is 5.75 Å². The average Bonchev–Trinajstić information content (AvgIpc) is 2.48. The zero-order valence-corrected chi connectivity index (χ0v) is 12.8. The van der Waals surface area contributed by atoms with Gasteiger partial charge in [0.05, 0.1) is 12.7 Å². The van der Waals surface area contributed by atoms with Gasteiger partial charge in [0.15, 0.2) is 5.78 Å². The fraction of sp³-hybridized carbons (Fsp3) is 0.533. The number of carbonyl (C=O) groups is 1. The van der Waals surface area contributed by atoms with Crippen molar-refractivity contribution in [2.24, 2.45) is 0 Å². The highest BCUT2D eigenvalue weighted by atomic mass is 35.5. The molecule has 0 radical (unpaired) electrons. The third-order valence-corrected chi connectivity index (χ3v) is 4.05. The summed E-state index contributed by atoms with van der Waals surface area (Å²) in [6.07, 6.45) is 0.496. The number of Topliss-reactive ketones (excluding diaryl/α,β-unsaturated/α-hetero) is 1. The summed E-state index contributed by atoms with van der Waals surface area (Å²) in [5.41, 5.74) is 1.50. The predicted molar refractivity (Wildman–Crippen MR) is 81.0 cm³/mol. The third kappa shape index (κ3) is 3.72. The Morgan fingerprint density at radius 3 is 2.75 bits per heavy atom. The minimum atomic E-state index is 0.0854. The maximum absolute atomic E-state index is 12.3. The average molecular weight is 297 g/mol. The van der Waals surface area contributed by atoms with E-state index in [0.717, 1.165) is 38.3 Å². The topological polar surface area (TPSA) is 41.6 Å². The lowest BCUT2D eigenvalue weighted by atomic mass is 10.0. The second-order valence-corrected chi connectivity index (χ2v) is 5.47. The number of nitrogens with zero attached hydrogens (tertiary/aromatic N) is 1. The monoisotopic (exact) mass is 296 g/mol. The SMILES string of the molecule is COc1cc(C)c(Cl)cc1C(=O)CCN1CCNCC1. The van der Waals surface area contributed by atoms with E-state index in [9.17, 15) is 4.79 Å². The van der Waals surface area contributed by atoms with Crippen LogP contribution in [0.2, 0.25) is 5.02 Å². The van der Waals surface area contributed by atoms with Gasteiger partial charge in [0, 0.05) is 44.2 Å². The van der Waals surface area contributed by atoms with Crippen molar-refractivity contribution in [2.45, 2.75) is 13.3 Å². The summed E-state index contributed by atoms with van der Waals surface area (Å²) >= 11 is 6.11. The van der Waals surface area contributed by atoms with Crippen LogP contribution in [0.3, 0.4) is 0 Å². The molecule has 110 valence electrons. The van der Waals surface area contributed by atoms with Gasteiger partial charge in [-0.2, -0.15) is 0 Å². The number of hydrogen-bond donors (Lipinski definition) is 1. The number of hydrogen-bond acceptors (Lipinski definition) is 4. The van der Waals surface area contributed by atoms with Crippen molar-refractivity contribution in [3.8, 4) is 5.75 Å². The van der Waals surface area contributed by atoms with Crippen molar-refractivity contribution in [3.63, 3.8) is 0 Å². The fourth-order valence-electron chi connectivity index (χ4n) is 2.37. The van der Waals surface area contributed by atoms with Crippen LogP contribution in [0.1, 0.15) is 22.3 Å². The van der Waals surface area contributed by atoms with E-state index in [1.54, 1.807) is 13.2 Å². The lowest BCUT2D eigenvalue weighted by Gasteiger charge is -2.26. The maximum atomic E-state index is 12.3. The predicted octanol–water partition coefficient (Wildman–Crippen LogP) is 2.14. The zero-order chi connectivity index (χ0) is 14.5. The van der Waals surface area contributed by atoms with Gasteiger partial charge in [-0.15, -0.1) is 0 Å². The Morgan fingerprint density at radius 1 is 1.40 bits per heavy atom. The van der Waals surface area contributed by atoms with Crippen molar-refractivity contribution in [1.29, 1.82) is 0 Å². The lowest BCUT2D eigenvalue weighted by Crippen LogP contribution is -2.44. The van der Waals surface area contributed by atoms with E-state index in [1.807, 2.05) is 13.0 Å². The minimum absolute atomic E-state index is 0.0854. The summed E-state index contributed by atoms with van der Waals surface area (Å²) in [6.45, 7) is 6.68. The Balaban J connectivity index is 2.02. The first kappa shape index (κ1) is 15.3.